The molecule has 14 N–H and O–H groups in total. The largest absolute Gasteiger partial charge is 0.461 e. The molecule has 7 atom stereocenters. The first-order valence-corrected chi connectivity index (χ1v) is 41.4. The number of alkyl carbamates (subject to hydrolysis) is 1. The van der Waals surface area contributed by atoms with E-state index in [0.717, 1.165) is 73.8 Å². The van der Waals surface area contributed by atoms with Crippen molar-refractivity contribution in [1.82, 2.24) is 69.2 Å². The van der Waals surface area contributed by atoms with Gasteiger partial charge in [-0.25, -0.2) is 9.59 Å². The van der Waals surface area contributed by atoms with Crippen molar-refractivity contribution < 1.29 is 99.7 Å². The van der Waals surface area contributed by atoms with E-state index in [1.54, 1.807) is 52.0 Å². The quantitative estimate of drug-likeness (QED) is 0.0253. The zero-order valence-electron chi connectivity index (χ0n) is 69.7. The van der Waals surface area contributed by atoms with Crippen LogP contribution in [0.4, 0.5) is 15.3 Å². The van der Waals surface area contributed by atoms with Crippen LogP contribution in [-0.4, -0.2) is 278 Å². The number of urea groups is 1. The number of primary amides is 1. The van der Waals surface area contributed by atoms with Crippen molar-refractivity contribution in [3.63, 3.8) is 0 Å². The van der Waals surface area contributed by atoms with Crippen molar-refractivity contribution in [3.8, 4) is 0 Å². The molecule has 652 valence electrons. The molecule has 1 unspecified atom stereocenters. The van der Waals surface area contributed by atoms with Crippen molar-refractivity contribution >= 4 is 59.2 Å². The molecule has 0 bridgehead atoms. The number of hydrogen-bond acceptors (Lipinski definition) is 26. The Bertz CT molecular complexity index is 3160. The lowest BCUT2D eigenvalue weighted by Gasteiger charge is -2.27. The van der Waals surface area contributed by atoms with Crippen LogP contribution in [0.1, 0.15) is 150 Å². The third-order valence-electron chi connectivity index (χ3n) is 20.0. The van der Waals surface area contributed by atoms with Gasteiger partial charge in [-0.15, -0.1) is 11.1 Å². The summed E-state index contributed by atoms with van der Waals surface area (Å²) in [4.78, 5) is 118. The predicted octanol–water partition coefficient (Wildman–Crippen LogP) is 2.90. The van der Waals surface area contributed by atoms with Crippen LogP contribution in [0.25, 0.3) is 0 Å². The van der Waals surface area contributed by atoms with E-state index in [0.29, 0.717) is 166 Å². The number of rotatable bonds is 59. The Kier molecular flexibility index (Phi) is 45.4. The Hall–Kier alpha value is -7.75. The molecule has 36 heteroatoms. The van der Waals surface area contributed by atoms with Crippen molar-refractivity contribution in [3.05, 3.63) is 52.6 Å². The molecular weight excluding hydrogens is 1490 g/mol. The highest BCUT2D eigenvalue weighted by Gasteiger charge is 2.51. The van der Waals surface area contributed by atoms with E-state index in [-0.39, 0.29) is 108 Å². The first-order chi connectivity index (χ1) is 55.4. The summed E-state index contributed by atoms with van der Waals surface area (Å²) in [5.41, 5.74) is 24.1. The molecule has 0 radical (unpaired) electrons. The van der Waals surface area contributed by atoms with Crippen LogP contribution in [0, 0.1) is 29.6 Å². The average Bonchev–Trinajstić information content (AvgIpc) is 1.61. The summed E-state index contributed by atoms with van der Waals surface area (Å²) in [6.45, 7) is 19.4. The maximum absolute atomic E-state index is 14.4. The minimum atomic E-state index is -1.18. The summed E-state index contributed by atoms with van der Waals surface area (Å²) < 4.78 is 63.3. The normalized spacial score (nSPS) is 18.1. The molecule has 1 fully saturated rings. The summed E-state index contributed by atoms with van der Waals surface area (Å²) in [7, 11) is 6.23. The molecule has 0 saturated heterocycles. The molecule has 3 aliphatic carbocycles. The molecule has 0 spiro atoms. The molecule has 6 rings (SSSR count). The van der Waals surface area contributed by atoms with Gasteiger partial charge in [-0.3, -0.25) is 43.6 Å². The number of fused-ring (bicyclic) bond motifs is 1. The van der Waals surface area contributed by atoms with Gasteiger partial charge >= 0.3 is 18.1 Å². The molecule has 9 amide bonds. The molecule has 115 heavy (non-hydrogen) atoms. The maximum Gasteiger partial charge on any atom is 0.407 e. The number of allylic oxidation sites excluding steroid dienone is 3. The standard InChI is InChI=1S/C79H136N16O20/c1-55(2)72(76(101)87-65(17-15-31-83-78(80)103)74(99)85-59-22-20-58(21-23-59)52-114-77(102)56(3)4)88-75(100)64(86-70(97)29-37-106-41-45-110-48-50-111-46-42-107-38-33-84-79(104)115-53-62-60-24-26-63-66(27-25-61(60)62)94(57(5)6)92-89-63)16-13-14-30-81-71(98)54-113-68-19-12-10-11-18-67-73(68)90-91-93(67)34-39-108-43-47-112-51-49-109-44-40-105-36-28-69(96)82-32-35-95(7,8)9/h20-23,55-57,60-62,64-65,68,72,89-92H,10-19,24-54H2,1-9H3,(H9-,80,81,82,83,84,85,86,87,88,96,97,98,99,100,101,103,104)/p+1/t60-,61+,62-,64+,65-,68?,72-/m0/s1. The van der Waals surface area contributed by atoms with E-state index in [4.69, 9.17) is 57.8 Å². The minimum Gasteiger partial charge on any atom is -0.461 e. The topological polar surface area (TPSA) is 432 Å². The fraction of sp³-hybridized carbons (Fsp3) is 0.759. The molecular formula is C79H137N16O20+. The smallest absolute Gasteiger partial charge is 0.407 e. The number of amides is 9. The van der Waals surface area contributed by atoms with Gasteiger partial charge in [-0.1, -0.05) is 52.7 Å². The molecule has 5 aliphatic rings. The number of ether oxygens (including phenoxy) is 11. The number of nitrogens with one attached hydrogen (secondary N) is 12. The number of unbranched alkanes of at least 4 members (excludes halogenated alkanes) is 1. The van der Waals surface area contributed by atoms with E-state index in [1.807, 2.05) is 5.01 Å². The van der Waals surface area contributed by atoms with E-state index >= 15 is 0 Å². The van der Waals surface area contributed by atoms with Crippen molar-refractivity contribution in [1.29, 1.82) is 0 Å². The number of likely N-dealkylation sites (N-methyl/N-ethyl adjacent to an activating group) is 1. The van der Waals surface area contributed by atoms with Gasteiger partial charge in [0, 0.05) is 49.9 Å². The summed E-state index contributed by atoms with van der Waals surface area (Å²) in [6, 6.07) is 2.81. The zero-order chi connectivity index (χ0) is 83.2. The highest BCUT2D eigenvalue weighted by atomic mass is 16.6. The van der Waals surface area contributed by atoms with Crippen molar-refractivity contribution in [2.45, 2.75) is 181 Å². The van der Waals surface area contributed by atoms with Crippen LogP contribution >= 0.6 is 0 Å². The maximum atomic E-state index is 14.4. The van der Waals surface area contributed by atoms with Gasteiger partial charge in [0.05, 0.1) is 176 Å². The fourth-order valence-corrected chi connectivity index (χ4v) is 13.4. The Morgan fingerprint density at radius 2 is 1.13 bits per heavy atom. The highest BCUT2D eigenvalue weighted by Crippen LogP contribution is 2.54. The monoisotopic (exact) mass is 1630 g/mol. The van der Waals surface area contributed by atoms with Gasteiger partial charge < -0.3 is 116 Å². The predicted molar refractivity (Wildman–Crippen MR) is 427 cm³/mol. The minimum absolute atomic E-state index is 0.0109. The Labute approximate surface area is 679 Å². The second-order valence-corrected chi connectivity index (χ2v) is 31.3. The highest BCUT2D eigenvalue weighted by molar-refractivity contribution is 5.99. The summed E-state index contributed by atoms with van der Waals surface area (Å²) >= 11 is 0. The molecule has 1 aromatic carbocycles. The van der Waals surface area contributed by atoms with Gasteiger partial charge in [0.25, 0.3) is 0 Å². The van der Waals surface area contributed by atoms with E-state index < -0.39 is 59.8 Å². The molecule has 2 aliphatic heterocycles. The van der Waals surface area contributed by atoms with Crippen LogP contribution in [0.15, 0.2) is 47.1 Å². The summed E-state index contributed by atoms with van der Waals surface area (Å²) in [5, 5.41) is 26.6. The van der Waals surface area contributed by atoms with Crippen LogP contribution in [0.3, 0.4) is 0 Å². The molecule has 2 heterocycles. The molecule has 0 aromatic heterocycles. The van der Waals surface area contributed by atoms with Crippen molar-refractivity contribution in [2.75, 3.05) is 185 Å². The first kappa shape index (κ1) is 96.1. The van der Waals surface area contributed by atoms with Crippen LogP contribution in [0.5, 0.6) is 0 Å². The molecule has 1 aromatic rings. The Balaban J connectivity index is 0.894. The number of carbonyl (C=O) groups is 9. The lowest BCUT2D eigenvalue weighted by molar-refractivity contribution is -0.869. The lowest BCUT2D eigenvalue weighted by atomic mass is 9.99. The van der Waals surface area contributed by atoms with Gasteiger partial charge in [0.2, 0.25) is 35.4 Å². The zero-order valence-corrected chi connectivity index (χ0v) is 69.7. The molecule has 1 saturated carbocycles. The van der Waals surface area contributed by atoms with E-state index in [1.165, 1.54) is 11.4 Å². The van der Waals surface area contributed by atoms with Gasteiger partial charge in [0.1, 0.15) is 37.4 Å². The number of carbonyl (C=O) groups excluding carboxylic acids is 9. The number of hydrogen-bond donors (Lipinski definition) is 13. The van der Waals surface area contributed by atoms with Crippen LogP contribution < -0.4 is 70.2 Å². The third-order valence-corrected chi connectivity index (χ3v) is 20.0. The SMILES string of the molecule is CC(C)C(=O)OCc1ccc(NC(=O)[C@H](CCCNC(N)=O)NC(=O)[C@@H](NC(=O)[C@@H](CCCCNC(=O)COC2CCCCCC3=C2NNN3CCOCCOCCOCCOCCC(=O)NCC[N+](C)(C)C)NC(=O)CCOCCOCCOCCOCCNC(=O)OC[C@@H]2[C@@H]3CCC4=C(CC[C@@H]32)NNN4C(C)C)C(C)C)cc1. The number of nitrogens with zero attached hydrogens (tertiary/aromatic N) is 3. The number of anilines is 1. The number of quaternary nitrogens is 1. The summed E-state index contributed by atoms with van der Waals surface area (Å²) in [6.07, 6.45) is 9.22. The lowest BCUT2D eigenvalue weighted by Crippen LogP contribution is -2.57. The summed E-state index contributed by atoms with van der Waals surface area (Å²) in [5.74, 6) is -2.35. The van der Waals surface area contributed by atoms with Crippen molar-refractivity contribution in [2.24, 2.45) is 35.3 Å². The van der Waals surface area contributed by atoms with Gasteiger partial charge in [0.15, 0.2) is 0 Å². The Morgan fingerprint density at radius 1 is 0.539 bits per heavy atom. The Morgan fingerprint density at radius 3 is 1.76 bits per heavy atom. The van der Waals surface area contributed by atoms with Crippen LogP contribution in [0.2, 0.25) is 0 Å². The number of nitrogens with two attached hydrogens (primary N) is 1. The second kappa shape index (κ2) is 54.3. The van der Waals surface area contributed by atoms with Crippen LogP contribution in [-0.2, 0) is 92.3 Å². The van der Waals surface area contributed by atoms with Gasteiger partial charge in [-0.2, -0.15) is 0 Å². The molecule has 36 nitrogen and oxygen atoms in total. The number of hydrazine groups is 4. The van der Waals surface area contributed by atoms with E-state index in [2.05, 4.69) is 104 Å². The fourth-order valence-electron chi connectivity index (χ4n) is 13.4. The first-order valence-electron chi connectivity index (χ1n) is 41.4. The van der Waals surface area contributed by atoms with Gasteiger partial charge in [-0.05, 0) is 132 Å². The van der Waals surface area contributed by atoms with E-state index in [9.17, 15) is 43.2 Å². The third kappa shape index (κ3) is 38.9. The average molecular weight is 1630 g/mol. The second-order valence-electron chi connectivity index (χ2n) is 31.3. The number of esters is 1. The number of benzene rings is 1.